The van der Waals surface area contributed by atoms with E-state index in [-0.39, 0.29) is 5.56 Å². The largest absolute Gasteiger partial charge is 0.494 e. The van der Waals surface area contributed by atoms with E-state index in [9.17, 15) is 90.4 Å². The van der Waals surface area contributed by atoms with Crippen LogP contribution in [0.5, 0.6) is 5.75 Å². The van der Waals surface area contributed by atoms with E-state index in [0.717, 1.165) is 53.4 Å². The number of methoxy groups -OCH3 is 1. The molecule has 36 nitrogen and oxygen atoms in total. The van der Waals surface area contributed by atoms with Crippen LogP contribution in [0.1, 0.15) is 110 Å². The Bertz CT molecular complexity index is 2680. The summed E-state index contributed by atoms with van der Waals surface area (Å²) in [5, 5.41) is 159. The predicted octanol–water partition coefficient (Wildman–Crippen LogP) is -6.50. The molecule has 6 heterocycles. The van der Waals surface area contributed by atoms with Gasteiger partial charge in [0.05, 0.1) is 45.7 Å². The second kappa shape index (κ2) is 38.8. The van der Waals surface area contributed by atoms with Crippen LogP contribution in [-0.4, -0.2) is 327 Å². The number of aliphatic hydroxyl groups is 13. The summed E-state index contributed by atoms with van der Waals surface area (Å²) in [7, 11) is 1.21. The minimum absolute atomic E-state index is 0.0622. The van der Waals surface area contributed by atoms with Gasteiger partial charge in [0.25, 0.3) is 5.91 Å². The molecule has 1 aromatic carbocycles. The van der Waals surface area contributed by atoms with Gasteiger partial charge in [0.15, 0.2) is 37.7 Å². The summed E-state index contributed by atoms with van der Waals surface area (Å²) in [4.78, 5) is 65.1. The van der Waals surface area contributed by atoms with Crippen LogP contribution in [-0.2, 0) is 76.0 Å². The van der Waals surface area contributed by atoms with Gasteiger partial charge in [-0.25, -0.2) is 0 Å². The Kier molecular flexibility index (Phi) is 32.0. The van der Waals surface area contributed by atoms with E-state index in [1.807, 2.05) is 0 Å². The molecule has 6 aliphatic heterocycles. The van der Waals surface area contributed by atoms with Gasteiger partial charge in [-0.3, -0.25) is 24.0 Å². The van der Waals surface area contributed by atoms with E-state index < -0.39 is 246 Å². The fourth-order valence-corrected chi connectivity index (χ4v) is 13.0. The lowest BCUT2D eigenvalue weighted by molar-refractivity contribution is -0.368. The molecule has 0 aliphatic carbocycles. The molecule has 6 fully saturated rings. The highest BCUT2D eigenvalue weighted by atomic mass is 16.8. The second-order valence-corrected chi connectivity index (χ2v) is 25.6. The number of rotatable bonds is 33. The Labute approximate surface area is 572 Å². The first kappa shape index (κ1) is 81.7. The number of nitrogens with one attached hydrogen (secondary N) is 5. The van der Waals surface area contributed by atoms with E-state index in [0.29, 0.717) is 12.4 Å². The fourth-order valence-electron chi connectivity index (χ4n) is 13.0. The minimum Gasteiger partial charge on any atom is -0.494 e. The van der Waals surface area contributed by atoms with Gasteiger partial charge in [-0.15, -0.1) is 0 Å². The zero-order valence-corrected chi connectivity index (χ0v) is 56.4. The van der Waals surface area contributed by atoms with Crippen LogP contribution in [0.2, 0.25) is 0 Å². The molecule has 5 amide bonds. The van der Waals surface area contributed by atoms with Crippen molar-refractivity contribution in [1.29, 1.82) is 0 Å². The van der Waals surface area contributed by atoms with Crippen molar-refractivity contribution in [3.05, 3.63) is 29.8 Å². The summed E-state index contributed by atoms with van der Waals surface area (Å²) in [6.07, 6.45) is -33.4. The SMILES string of the molecule is CCCCCCCCCCCOc1cccc(C(=O)NC2[C@H](O[C@H]3C(O)C(NC(C)=O)[C@H](OC4C(CO)O[C@@H](O[C@H]5C(O)C(NC(C)=O)C(OC6C(CO[C@@H]7OC(C)[C@@H](O)C(O)[C@H]7OC)O[C@@H](O)[C@@H](NC(C)=O)[C@H]6O)O[C@H]5CO)[C@@H](NC(C)=O)[C@H]4O)O[C@H]3CO)OC(CO)[C@@H](O)[C@@H]2O)c1. The molecule has 6 aliphatic rings. The van der Waals surface area contributed by atoms with Crippen LogP contribution in [0.15, 0.2) is 24.3 Å². The molecule has 36 heteroatoms. The lowest BCUT2D eigenvalue weighted by Gasteiger charge is -2.51. The Balaban J connectivity index is 1.07. The smallest absolute Gasteiger partial charge is 0.251 e. The number of benzene rings is 1. The number of carbonyl (C=O) groups excluding carboxylic acids is 5. The lowest BCUT2D eigenvalue weighted by Crippen LogP contribution is -2.72. The molecule has 18 N–H and O–H groups in total. The van der Waals surface area contributed by atoms with Crippen molar-refractivity contribution in [2.75, 3.05) is 46.8 Å². The standard InChI is InChI=1S/C63H103N5O31/c1-8-9-10-11-12-13-14-15-16-20-88-33-19-17-18-32(21-33)57(85)68-40-46(79)45(78)34(22-69)92-59(40)96-52-35(23-70)93-60(41(48(52)81)65-29(4)74)97-53-36(24-71)94-61(42(49(53)82)66-30(5)75)98-54-37(25-72)95-62(43(50(54)83)67-31(6)76)99-55-38(91-58(86)39(47(55)80)64-28(3)73)26-89-63-56(87-7)51(84)44(77)27(2)90-63/h17-19,21,27,34-56,58-63,69-72,77-84,86H,8-16,20,22-26H2,1-7H3,(H,64,73)(H,65,74)(H,66,75)(H,67,76)(H,68,85)/t27?,34?,35-,36?,37-,38?,39-,40?,41?,42-,43?,44+,45+,46+,47+,48?,49+,50?,51?,52+,53?,54+,55?,56+,58+,59-,60-,61-,62?,63+/m0/s1. The number of hydrogen-bond donors (Lipinski definition) is 18. The van der Waals surface area contributed by atoms with Crippen LogP contribution < -0.4 is 31.3 Å². The molecule has 0 radical (unpaired) electrons. The lowest BCUT2D eigenvalue weighted by atomic mass is 9.93. The van der Waals surface area contributed by atoms with Crippen molar-refractivity contribution in [2.24, 2.45) is 0 Å². The Morgan fingerprint density at radius 1 is 0.434 bits per heavy atom. The first-order valence-corrected chi connectivity index (χ1v) is 33.6. The highest BCUT2D eigenvalue weighted by molar-refractivity contribution is 5.94. The monoisotopic (exact) mass is 1430 g/mol. The van der Waals surface area contributed by atoms with Crippen molar-refractivity contribution in [3.8, 4) is 5.75 Å². The van der Waals surface area contributed by atoms with E-state index in [1.54, 1.807) is 12.1 Å². The number of amides is 5. The molecule has 0 aromatic heterocycles. The molecule has 6 saturated heterocycles. The molecule has 0 spiro atoms. The maximum atomic E-state index is 14.0. The summed E-state index contributed by atoms with van der Waals surface area (Å²) in [5.74, 6) is -3.63. The molecule has 0 bridgehead atoms. The van der Waals surface area contributed by atoms with Crippen LogP contribution in [0.4, 0.5) is 0 Å². The third-order valence-corrected chi connectivity index (χ3v) is 18.2. The molecule has 1 aromatic rings. The number of aliphatic hydroxyl groups excluding tert-OH is 13. The van der Waals surface area contributed by atoms with Gasteiger partial charge in [0.1, 0.15) is 146 Å². The molecule has 13 unspecified atom stereocenters. The normalized spacial score (nSPS) is 39.5. The molecule has 30 atom stereocenters. The van der Waals surface area contributed by atoms with E-state index >= 15 is 0 Å². The molecular formula is C63H103N5O31. The third kappa shape index (κ3) is 21.1. The number of ether oxygens (including phenoxy) is 13. The Morgan fingerprint density at radius 2 is 0.838 bits per heavy atom. The Morgan fingerprint density at radius 3 is 1.27 bits per heavy atom. The van der Waals surface area contributed by atoms with Crippen molar-refractivity contribution >= 4 is 29.5 Å². The number of hydrogen-bond acceptors (Lipinski definition) is 31. The van der Waals surface area contributed by atoms with Crippen LogP contribution in [0.3, 0.4) is 0 Å². The zero-order chi connectivity index (χ0) is 72.5. The highest BCUT2D eigenvalue weighted by Gasteiger charge is 2.58. The first-order valence-electron chi connectivity index (χ1n) is 33.6. The summed E-state index contributed by atoms with van der Waals surface area (Å²) in [6.45, 7) is 3.61. The molecular weight excluding hydrogens is 1320 g/mol. The van der Waals surface area contributed by atoms with Gasteiger partial charge in [0, 0.05) is 40.4 Å². The van der Waals surface area contributed by atoms with E-state index in [2.05, 4.69) is 33.5 Å². The van der Waals surface area contributed by atoms with E-state index in [4.69, 9.17) is 61.6 Å². The molecule has 566 valence electrons. The highest BCUT2D eigenvalue weighted by Crippen LogP contribution is 2.37. The fraction of sp³-hybridized carbons (Fsp3) is 0.825. The summed E-state index contributed by atoms with van der Waals surface area (Å²) >= 11 is 0. The van der Waals surface area contributed by atoms with Gasteiger partial charge in [0.2, 0.25) is 23.6 Å². The van der Waals surface area contributed by atoms with Gasteiger partial charge in [-0.2, -0.15) is 0 Å². The van der Waals surface area contributed by atoms with Crippen LogP contribution in [0.25, 0.3) is 0 Å². The van der Waals surface area contributed by atoms with Crippen LogP contribution in [0, 0.1) is 0 Å². The van der Waals surface area contributed by atoms with Gasteiger partial charge in [-0.05, 0) is 31.5 Å². The quantitative estimate of drug-likeness (QED) is 0.0291. The van der Waals surface area contributed by atoms with Crippen LogP contribution >= 0.6 is 0 Å². The predicted molar refractivity (Wildman–Crippen MR) is 333 cm³/mol. The average molecular weight is 1430 g/mol. The molecule has 7 rings (SSSR count). The molecule has 99 heavy (non-hydrogen) atoms. The van der Waals surface area contributed by atoms with Crippen molar-refractivity contribution in [2.45, 2.75) is 283 Å². The van der Waals surface area contributed by atoms with Gasteiger partial charge < -0.3 is 155 Å². The third-order valence-electron chi connectivity index (χ3n) is 18.2. The summed E-state index contributed by atoms with van der Waals surface area (Å²) in [6, 6.07) is -2.38. The number of unbranched alkanes of at least 4 members (excludes halogenated alkanes) is 8. The molecule has 0 saturated carbocycles. The summed E-state index contributed by atoms with van der Waals surface area (Å²) in [5.41, 5.74) is 0.0622. The maximum Gasteiger partial charge on any atom is 0.251 e. The van der Waals surface area contributed by atoms with Gasteiger partial charge in [-0.1, -0.05) is 64.4 Å². The van der Waals surface area contributed by atoms with Crippen molar-refractivity contribution in [1.82, 2.24) is 26.6 Å². The zero-order valence-electron chi connectivity index (χ0n) is 56.4. The maximum absolute atomic E-state index is 14.0. The average Bonchev–Trinajstić information content (AvgIpc) is 0.771. The van der Waals surface area contributed by atoms with Crippen molar-refractivity contribution in [3.63, 3.8) is 0 Å². The second-order valence-electron chi connectivity index (χ2n) is 25.6. The minimum atomic E-state index is -2.06. The van der Waals surface area contributed by atoms with Gasteiger partial charge >= 0.3 is 0 Å². The van der Waals surface area contributed by atoms with Crippen molar-refractivity contribution < 1.29 is 152 Å². The first-order chi connectivity index (χ1) is 47.2. The van der Waals surface area contributed by atoms with E-state index in [1.165, 1.54) is 58.3 Å². The summed E-state index contributed by atoms with van der Waals surface area (Å²) < 4.78 is 78.0. The topological polar surface area (TPSA) is 528 Å². The Hall–Kier alpha value is -4.63. The number of carbonyl (C=O) groups is 5.